The smallest absolute Gasteiger partial charge is 0.305 e. The summed E-state index contributed by atoms with van der Waals surface area (Å²) in [5.41, 5.74) is 0. The Bertz CT molecular complexity index is 1020. The summed E-state index contributed by atoms with van der Waals surface area (Å²) in [4.78, 5) is 24.4. The van der Waals surface area contributed by atoms with Crippen LogP contribution in [0.3, 0.4) is 0 Å². The van der Waals surface area contributed by atoms with Crippen molar-refractivity contribution >= 4 is 11.9 Å². The molecule has 2 unspecified atom stereocenters. The standard InChI is InChI=1S/C57H107NO5/c1-3-5-7-9-11-13-15-26-31-35-39-43-47-51-57(62)63-52-48-44-40-36-32-28-25-23-21-19-17-16-18-20-22-24-27-30-34-38-42-46-50-56(61)58-54(53-59)55(60)49-45-41-37-33-29-14-12-10-8-6-4-2/h7,9,13,15,45,49,54-55,59-60H,3-6,8,10-12,14,16-44,46-48,50-53H2,1-2H3,(H,58,61)/b9-7-,15-13-,49-45+. The van der Waals surface area contributed by atoms with Crippen molar-refractivity contribution in [2.45, 2.75) is 302 Å². The fourth-order valence-electron chi connectivity index (χ4n) is 8.38. The van der Waals surface area contributed by atoms with Gasteiger partial charge in [0.05, 0.1) is 25.4 Å². The highest BCUT2D eigenvalue weighted by Crippen LogP contribution is 2.17. The summed E-state index contributed by atoms with van der Waals surface area (Å²) in [6, 6.07) is -0.627. The van der Waals surface area contributed by atoms with E-state index in [4.69, 9.17) is 4.74 Å². The number of nitrogens with one attached hydrogen (secondary N) is 1. The number of allylic oxidation sites excluding steroid dienone is 5. The summed E-state index contributed by atoms with van der Waals surface area (Å²) >= 11 is 0. The maximum Gasteiger partial charge on any atom is 0.305 e. The zero-order chi connectivity index (χ0) is 45.8. The normalized spacial score (nSPS) is 12.9. The molecule has 3 N–H and O–H groups in total. The molecule has 0 fully saturated rings. The third kappa shape index (κ3) is 49.4. The first kappa shape index (κ1) is 61.1. The molecule has 0 saturated heterocycles. The van der Waals surface area contributed by atoms with Crippen LogP contribution in [0, 0.1) is 0 Å². The molecular formula is C57H107NO5. The molecule has 0 aliphatic heterocycles. The van der Waals surface area contributed by atoms with Crippen LogP contribution >= 0.6 is 0 Å². The summed E-state index contributed by atoms with van der Waals surface area (Å²) in [6.07, 6.45) is 64.5. The topological polar surface area (TPSA) is 95.9 Å². The maximum absolute atomic E-state index is 12.4. The van der Waals surface area contributed by atoms with Crippen molar-refractivity contribution in [3.63, 3.8) is 0 Å². The zero-order valence-electron chi connectivity index (χ0n) is 42.1. The summed E-state index contributed by atoms with van der Waals surface area (Å²) < 4.78 is 5.46. The van der Waals surface area contributed by atoms with Crippen molar-refractivity contribution in [3.05, 3.63) is 36.5 Å². The Kier molecular flexibility index (Phi) is 51.1. The van der Waals surface area contributed by atoms with Crippen molar-refractivity contribution in [1.29, 1.82) is 0 Å². The molecule has 0 radical (unpaired) electrons. The monoisotopic (exact) mass is 886 g/mol. The summed E-state index contributed by atoms with van der Waals surface area (Å²) in [5.74, 6) is -0.0730. The third-order valence-electron chi connectivity index (χ3n) is 12.6. The van der Waals surface area contributed by atoms with Gasteiger partial charge >= 0.3 is 5.97 Å². The number of esters is 1. The van der Waals surface area contributed by atoms with Crippen molar-refractivity contribution in [2.75, 3.05) is 13.2 Å². The van der Waals surface area contributed by atoms with Crippen LogP contribution in [0.5, 0.6) is 0 Å². The SMILES string of the molecule is CCC/C=C\C/C=C\CCCCCCCC(=O)OCCCCCCCCCCCCCCCCCCCCCCCCC(=O)NC(CO)C(O)/C=C/CCCCCCCCCCC. The molecule has 0 aliphatic rings. The number of rotatable bonds is 51. The van der Waals surface area contributed by atoms with Crippen molar-refractivity contribution < 1.29 is 24.5 Å². The summed E-state index contributed by atoms with van der Waals surface area (Å²) in [6.45, 7) is 4.82. The van der Waals surface area contributed by atoms with E-state index in [9.17, 15) is 19.8 Å². The Balaban J connectivity index is 3.39. The first-order valence-corrected chi connectivity index (χ1v) is 27.8. The molecule has 0 aromatic rings. The van der Waals surface area contributed by atoms with Gasteiger partial charge in [-0.3, -0.25) is 9.59 Å². The number of unbranched alkanes of at least 4 members (excludes halogenated alkanes) is 36. The van der Waals surface area contributed by atoms with Crippen LogP contribution in [0.15, 0.2) is 36.5 Å². The second kappa shape index (κ2) is 52.7. The van der Waals surface area contributed by atoms with E-state index in [0.717, 1.165) is 51.4 Å². The van der Waals surface area contributed by atoms with Gasteiger partial charge in [-0.2, -0.15) is 0 Å². The van der Waals surface area contributed by atoms with Gasteiger partial charge in [0.15, 0.2) is 0 Å². The highest BCUT2D eigenvalue weighted by Gasteiger charge is 2.18. The lowest BCUT2D eigenvalue weighted by Crippen LogP contribution is -2.45. The van der Waals surface area contributed by atoms with Gasteiger partial charge in [0, 0.05) is 12.8 Å². The van der Waals surface area contributed by atoms with Crippen LogP contribution in [-0.2, 0) is 14.3 Å². The average Bonchev–Trinajstić information content (AvgIpc) is 3.28. The van der Waals surface area contributed by atoms with Gasteiger partial charge in [-0.15, -0.1) is 0 Å². The van der Waals surface area contributed by atoms with Crippen LogP contribution < -0.4 is 5.32 Å². The van der Waals surface area contributed by atoms with E-state index in [1.165, 1.54) is 212 Å². The Labute approximate surface area is 392 Å². The largest absolute Gasteiger partial charge is 0.466 e. The minimum absolute atomic E-state index is 0.00321. The van der Waals surface area contributed by atoms with Gasteiger partial charge in [-0.1, -0.05) is 256 Å². The molecule has 0 saturated carbocycles. The van der Waals surface area contributed by atoms with Crippen LogP contribution in [0.2, 0.25) is 0 Å². The van der Waals surface area contributed by atoms with Crippen LogP contribution in [0.1, 0.15) is 290 Å². The molecule has 1 amide bonds. The van der Waals surface area contributed by atoms with E-state index in [2.05, 4.69) is 43.5 Å². The summed E-state index contributed by atoms with van der Waals surface area (Å²) in [5, 5.41) is 23.0. The van der Waals surface area contributed by atoms with Crippen LogP contribution in [0.25, 0.3) is 0 Å². The lowest BCUT2D eigenvalue weighted by Gasteiger charge is -2.20. The maximum atomic E-state index is 12.4. The quantitative estimate of drug-likeness (QED) is 0.0321. The van der Waals surface area contributed by atoms with Crippen molar-refractivity contribution in [1.82, 2.24) is 5.32 Å². The van der Waals surface area contributed by atoms with Crippen LogP contribution in [-0.4, -0.2) is 47.4 Å². The number of amides is 1. The second-order valence-electron chi connectivity index (χ2n) is 18.9. The van der Waals surface area contributed by atoms with Crippen molar-refractivity contribution in [2.24, 2.45) is 0 Å². The minimum Gasteiger partial charge on any atom is -0.466 e. The number of aliphatic hydroxyl groups is 2. The summed E-state index contributed by atoms with van der Waals surface area (Å²) in [7, 11) is 0. The lowest BCUT2D eigenvalue weighted by molar-refractivity contribution is -0.143. The van der Waals surface area contributed by atoms with E-state index < -0.39 is 12.1 Å². The van der Waals surface area contributed by atoms with E-state index in [0.29, 0.717) is 19.4 Å². The molecule has 6 nitrogen and oxygen atoms in total. The highest BCUT2D eigenvalue weighted by molar-refractivity contribution is 5.76. The molecule has 0 aliphatic carbocycles. The number of carbonyl (C=O) groups is 2. The number of carbonyl (C=O) groups excluding carboxylic acids is 2. The number of hydrogen-bond acceptors (Lipinski definition) is 5. The Morgan fingerprint density at radius 1 is 0.444 bits per heavy atom. The first-order chi connectivity index (χ1) is 31.0. The zero-order valence-corrected chi connectivity index (χ0v) is 42.1. The molecule has 0 aromatic heterocycles. The van der Waals surface area contributed by atoms with Gasteiger partial charge in [-0.25, -0.2) is 0 Å². The van der Waals surface area contributed by atoms with Gasteiger partial charge in [0.2, 0.25) is 5.91 Å². The predicted octanol–water partition coefficient (Wildman–Crippen LogP) is 16.9. The fraction of sp³-hybridized carbons (Fsp3) is 0.860. The van der Waals surface area contributed by atoms with Gasteiger partial charge < -0.3 is 20.3 Å². The predicted molar refractivity (Wildman–Crippen MR) is 273 cm³/mol. The molecule has 370 valence electrons. The molecule has 0 heterocycles. The third-order valence-corrected chi connectivity index (χ3v) is 12.6. The van der Waals surface area contributed by atoms with E-state index >= 15 is 0 Å². The first-order valence-electron chi connectivity index (χ1n) is 27.8. The molecule has 0 spiro atoms. The molecule has 63 heavy (non-hydrogen) atoms. The number of ether oxygens (including phenoxy) is 1. The minimum atomic E-state index is -0.843. The average molecular weight is 886 g/mol. The van der Waals surface area contributed by atoms with Gasteiger partial charge in [0.25, 0.3) is 0 Å². The molecular weight excluding hydrogens is 779 g/mol. The highest BCUT2D eigenvalue weighted by atomic mass is 16.5. The van der Waals surface area contributed by atoms with Gasteiger partial charge in [-0.05, 0) is 57.8 Å². The van der Waals surface area contributed by atoms with E-state index in [1.807, 2.05) is 6.08 Å². The number of hydrogen-bond donors (Lipinski definition) is 3. The number of aliphatic hydroxyl groups excluding tert-OH is 2. The Morgan fingerprint density at radius 3 is 1.27 bits per heavy atom. The second-order valence-corrected chi connectivity index (χ2v) is 18.9. The molecule has 0 rings (SSSR count). The Hall–Kier alpha value is -1.92. The lowest BCUT2D eigenvalue weighted by atomic mass is 10.0. The van der Waals surface area contributed by atoms with Crippen LogP contribution in [0.4, 0.5) is 0 Å². The molecule has 6 heteroatoms. The van der Waals surface area contributed by atoms with E-state index in [-0.39, 0.29) is 18.5 Å². The molecule has 0 bridgehead atoms. The molecule has 0 aromatic carbocycles. The van der Waals surface area contributed by atoms with Crippen molar-refractivity contribution in [3.8, 4) is 0 Å². The fourth-order valence-corrected chi connectivity index (χ4v) is 8.38. The van der Waals surface area contributed by atoms with E-state index in [1.54, 1.807) is 6.08 Å². The van der Waals surface area contributed by atoms with Gasteiger partial charge in [0.1, 0.15) is 0 Å². The Morgan fingerprint density at radius 2 is 0.825 bits per heavy atom. The molecule has 2 atom stereocenters.